The highest BCUT2D eigenvalue weighted by Gasteiger charge is 2.25. The van der Waals surface area contributed by atoms with Gasteiger partial charge in [-0.1, -0.05) is 13.8 Å². The smallest absolute Gasteiger partial charge is 0.325 e. The van der Waals surface area contributed by atoms with Crippen molar-refractivity contribution in [1.29, 1.82) is 0 Å². The number of amides is 3. The van der Waals surface area contributed by atoms with Gasteiger partial charge in [0.25, 0.3) is 0 Å². The molecule has 0 aromatic carbocycles. The molecule has 3 amide bonds. The van der Waals surface area contributed by atoms with Gasteiger partial charge in [-0.2, -0.15) is 0 Å². The van der Waals surface area contributed by atoms with E-state index in [0.717, 1.165) is 0 Å². The summed E-state index contributed by atoms with van der Waals surface area (Å²) in [5.74, 6) is -4.34. The second-order valence-electron chi connectivity index (χ2n) is 6.57. The van der Waals surface area contributed by atoms with Gasteiger partial charge in [-0.25, -0.2) is 0 Å². The third-order valence-corrected chi connectivity index (χ3v) is 3.51. The predicted molar refractivity (Wildman–Crippen MR) is 94.5 cm³/mol. The van der Waals surface area contributed by atoms with Crippen molar-refractivity contribution in [3.05, 3.63) is 0 Å². The summed E-state index contributed by atoms with van der Waals surface area (Å²) in [6.07, 6.45) is -0.178. The number of carbonyl (C=O) groups excluding carboxylic acids is 3. The molecule has 3 atom stereocenters. The lowest BCUT2D eigenvalue weighted by molar-refractivity contribution is -0.141. The fourth-order valence-corrected chi connectivity index (χ4v) is 2.08. The Labute approximate surface area is 157 Å². The van der Waals surface area contributed by atoms with E-state index in [1.54, 1.807) is 0 Å². The Hall–Kier alpha value is -2.69. The third kappa shape index (κ3) is 10.8. The molecule has 0 aliphatic carbocycles. The summed E-state index contributed by atoms with van der Waals surface area (Å²) >= 11 is 0. The lowest BCUT2D eigenvalue weighted by atomic mass is 10.0. The molecule has 0 saturated carbocycles. The maximum atomic E-state index is 12.2. The van der Waals surface area contributed by atoms with E-state index in [1.807, 2.05) is 13.8 Å². The number of nitrogens with one attached hydrogen (secondary N) is 3. The summed E-state index contributed by atoms with van der Waals surface area (Å²) in [4.78, 5) is 57.3. The Balaban J connectivity index is 4.79. The highest BCUT2D eigenvalue weighted by molar-refractivity contribution is 5.92. The number of carboxylic acids is 2. The molecule has 0 aliphatic heterocycles. The zero-order chi connectivity index (χ0) is 21.1. The first-order valence-electron chi connectivity index (χ1n) is 8.51. The van der Waals surface area contributed by atoms with E-state index in [2.05, 4.69) is 16.0 Å². The van der Waals surface area contributed by atoms with E-state index >= 15 is 0 Å². The predicted octanol–water partition coefficient (Wildman–Crippen LogP) is -1.59. The maximum absolute atomic E-state index is 12.2. The molecule has 0 aromatic heterocycles. The van der Waals surface area contributed by atoms with Gasteiger partial charge in [0.1, 0.15) is 12.1 Å². The van der Waals surface area contributed by atoms with Gasteiger partial charge < -0.3 is 31.9 Å². The molecule has 0 aromatic rings. The van der Waals surface area contributed by atoms with Crippen molar-refractivity contribution in [3.63, 3.8) is 0 Å². The van der Waals surface area contributed by atoms with Gasteiger partial charge in [-0.05, 0) is 25.7 Å². The van der Waals surface area contributed by atoms with Gasteiger partial charge >= 0.3 is 11.9 Å². The van der Waals surface area contributed by atoms with E-state index in [0.29, 0.717) is 6.42 Å². The molecule has 0 radical (unpaired) electrons. The van der Waals surface area contributed by atoms with Crippen molar-refractivity contribution in [3.8, 4) is 0 Å². The highest BCUT2D eigenvalue weighted by Crippen LogP contribution is 2.04. The van der Waals surface area contributed by atoms with Crippen LogP contribution in [0.4, 0.5) is 0 Å². The Morgan fingerprint density at radius 1 is 0.963 bits per heavy atom. The number of carboxylic acid groups (broad SMARTS) is 2. The fraction of sp³-hybridized carbons (Fsp3) is 0.688. The lowest BCUT2D eigenvalue weighted by Gasteiger charge is -2.21. The molecule has 0 heterocycles. The van der Waals surface area contributed by atoms with Gasteiger partial charge in [0.2, 0.25) is 17.7 Å². The van der Waals surface area contributed by atoms with Crippen LogP contribution in [0.3, 0.4) is 0 Å². The van der Waals surface area contributed by atoms with Crippen molar-refractivity contribution >= 4 is 29.7 Å². The number of carbonyl (C=O) groups is 5. The summed E-state index contributed by atoms with van der Waals surface area (Å²) in [7, 11) is 0. The van der Waals surface area contributed by atoms with E-state index in [1.165, 1.54) is 6.92 Å². The minimum Gasteiger partial charge on any atom is -0.481 e. The quantitative estimate of drug-likeness (QED) is 0.231. The van der Waals surface area contributed by atoms with Crippen molar-refractivity contribution in [2.75, 3.05) is 6.54 Å². The third-order valence-electron chi connectivity index (χ3n) is 3.51. The summed E-state index contributed by atoms with van der Waals surface area (Å²) in [5.41, 5.74) is 5.75. The monoisotopic (exact) mass is 388 g/mol. The maximum Gasteiger partial charge on any atom is 0.325 e. The normalized spacial score (nSPS) is 14.0. The molecule has 7 N–H and O–H groups in total. The minimum absolute atomic E-state index is 0.150. The second-order valence-corrected chi connectivity index (χ2v) is 6.57. The number of nitrogens with two attached hydrogens (primary N) is 1. The van der Waals surface area contributed by atoms with Crippen LogP contribution in [0, 0.1) is 5.92 Å². The van der Waals surface area contributed by atoms with Gasteiger partial charge in [0, 0.05) is 6.42 Å². The summed E-state index contributed by atoms with van der Waals surface area (Å²) < 4.78 is 0. The molecule has 3 unspecified atom stereocenters. The Kier molecular flexibility index (Phi) is 10.7. The van der Waals surface area contributed by atoms with Crippen LogP contribution in [-0.2, 0) is 24.0 Å². The van der Waals surface area contributed by atoms with Gasteiger partial charge in [0.05, 0.1) is 12.6 Å². The first-order chi connectivity index (χ1) is 12.4. The van der Waals surface area contributed by atoms with Gasteiger partial charge in [-0.3, -0.25) is 24.0 Å². The van der Waals surface area contributed by atoms with Crippen molar-refractivity contribution < 1.29 is 34.2 Å². The summed E-state index contributed by atoms with van der Waals surface area (Å²) in [6.45, 7) is 4.49. The van der Waals surface area contributed by atoms with Crippen LogP contribution < -0.4 is 21.7 Å². The molecule has 0 aliphatic rings. The zero-order valence-corrected chi connectivity index (χ0v) is 15.7. The Morgan fingerprint density at radius 3 is 2.04 bits per heavy atom. The number of hydrogen-bond acceptors (Lipinski definition) is 6. The number of aliphatic carboxylic acids is 2. The van der Waals surface area contributed by atoms with E-state index in [-0.39, 0.29) is 18.8 Å². The molecule has 27 heavy (non-hydrogen) atoms. The van der Waals surface area contributed by atoms with Crippen LogP contribution in [0.15, 0.2) is 0 Å². The second kappa shape index (κ2) is 11.8. The Bertz CT molecular complexity index is 565. The van der Waals surface area contributed by atoms with E-state index < -0.39 is 54.3 Å². The largest absolute Gasteiger partial charge is 0.481 e. The molecule has 0 spiro atoms. The SMILES string of the molecule is CC(C)CC(N)C(=O)NC(CCC(=O)O)C(=O)NCC(=O)NC(C)C(=O)O. The molecule has 11 nitrogen and oxygen atoms in total. The molecule has 0 bridgehead atoms. The zero-order valence-electron chi connectivity index (χ0n) is 15.7. The number of hydrogen-bond donors (Lipinski definition) is 6. The van der Waals surface area contributed by atoms with Crippen LogP contribution in [0.1, 0.15) is 40.0 Å². The first-order valence-corrected chi connectivity index (χ1v) is 8.51. The molecule has 0 saturated heterocycles. The summed E-state index contributed by atoms with van der Waals surface area (Å²) in [6, 6.07) is -3.17. The molecule has 154 valence electrons. The van der Waals surface area contributed by atoms with Gasteiger partial charge in [0.15, 0.2) is 0 Å². The first kappa shape index (κ1) is 24.3. The van der Waals surface area contributed by atoms with E-state index in [4.69, 9.17) is 15.9 Å². The lowest BCUT2D eigenvalue weighted by Crippen LogP contribution is -2.53. The average Bonchev–Trinajstić information content (AvgIpc) is 2.55. The number of rotatable bonds is 12. The van der Waals surface area contributed by atoms with Crippen LogP contribution in [0.25, 0.3) is 0 Å². The Morgan fingerprint density at radius 2 is 1.56 bits per heavy atom. The topological polar surface area (TPSA) is 188 Å². The average molecular weight is 388 g/mol. The fourth-order valence-electron chi connectivity index (χ4n) is 2.08. The standard InChI is InChI=1S/C16H28N4O7/c1-8(2)6-10(17)14(24)20-11(4-5-13(22)23)15(25)18-7-12(21)19-9(3)16(26)27/h8-11H,4-7,17H2,1-3H3,(H,18,25)(H,19,21)(H,20,24)(H,22,23)(H,26,27). The van der Waals surface area contributed by atoms with Crippen LogP contribution >= 0.6 is 0 Å². The molecular weight excluding hydrogens is 360 g/mol. The van der Waals surface area contributed by atoms with E-state index in [9.17, 15) is 24.0 Å². The molecule has 0 fully saturated rings. The molecule has 11 heteroatoms. The minimum atomic E-state index is -1.24. The van der Waals surface area contributed by atoms with Crippen molar-refractivity contribution in [1.82, 2.24) is 16.0 Å². The van der Waals surface area contributed by atoms with Gasteiger partial charge in [-0.15, -0.1) is 0 Å². The van der Waals surface area contributed by atoms with Crippen LogP contribution in [0.2, 0.25) is 0 Å². The van der Waals surface area contributed by atoms with Crippen LogP contribution in [0.5, 0.6) is 0 Å². The highest BCUT2D eigenvalue weighted by atomic mass is 16.4. The van der Waals surface area contributed by atoms with Crippen molar-refractivity contribution in [2.45, 2.75) is 58.2 Å². The molecule has 0 rings (SSSR count). The molecular formula is C16H28N4O7. The van der Waals surface area contributed by atoms with Crippen LogP contribution in [-0.4, -0.2) is 64.5 Å². The van der Waals surface area contributed by atoms with Crippen molar-refractivity contribution in [2.24, 2.45) is 11.7 Å². The summed E-state index contributed by atoms with van der Waals surface area (Å²) in [5, 5.41) is 24.3.